The van der Waals surface area contributed by atoms with Crippen LogP contribution in [0.2, 0.25) is 0 Å². The van der Waals surface area contributed by atoms with Gasteiger partial charge in [0, 0.05) is 6.54 Å². The minimum Gasteiger partial charge on any atom is -0.465 e. The molecule has 0 aliphatic carbocycles. The Kier molecular flexibility index (Phi) is 8.46. The van der Waals surface area contributed by atoms with Crippen LogP contribution in [0, 0.1) is 0 Å². The van der Waals surface area contributed by atoms with Gasteiger partial charge in [-0.1, -0.05) is 0 Å². The van der Waals surface area contributed by atoms with Crippen molar-refractivity contribution in [2.75, 3.05) is 13.2 Å². The van der Waals surface area contributed by atoms with E-state index in [2.05, 4.69) is 4.99 Å². The summed E-state index contributed by atoms with van der Waals surface area (Å²) in [6, 6.07) is -0.541. The molecule has 0 saturated carbocycles. The monoisotopic (exact) mass is 231 g/mol. The van der Waals surface area contributed by atoms with Crippen LogP contribution in [0.3, 0.4) is 0 Å². The molecule has 0 radical (unpaired) electrons. The molecule has 0 aromatic heterocycles. The van der Waals surface area contributed by atoms with E-state index in [1.807, 2.05) is 5.48 Å². The average molecular weight is 231 g/mol. The van der Waals surface area contributed by atoms with Gasteiger partial charge in [-0.25, -0.2) is 0 Å². The highest BCUT2D eigenvalue weighted by Crippen LogP contribution is 2.01. The first-order valence-corrected chi connectivity index (χ1v) is 5.45. The summed E-state index contributed by atoms with van der Waals surface area (Å²) in [6.45, 7) is 4.39. The second kappa shape index (κ2) is 9.11. The number of nitrogens with two attached hydrogens (primary N) is 1. The van der Waals surface area contributed by atoms with Gasteiger partial charge in [-0.2, -0.15) is 0 Å². The lowest BCUT2D eigenvalue weighted by Gasteiger charge is -2.09. The van der Waals surface area contributed by atoms with E-state index in [-0.39, 0.29) is 5.97 Å². The lowest BCUT2D eigenvalue weighted by molar-refractivity contribution is -0.144. The normalized spacial score (nSPS) is 13.4. The van der Waals surface area contributed by atoms with Crippen molar-refractivity contribution in [1.29, 1.82) is 0 Å². The number of hydrogen-bond acceptors (Lipinski definition) is 5. The largest absolute Gasteiger partial charge is 0.465 e. The lowest BCUT2D eigenvalue weighted by atomic mass is 10.1. The molecular formula is C10H21N3O3. The van der Waals surface area contributed by atoms with E-state index < -0.39 is 6.04 Å². The van der Waals surface area contributed by atoms with Crippen LogP contribution in [0.15, 0.2) is 4.99 Å². The Bertz CT molecular complexity index is 231. The number of hydroxylamine groups is 1. The molecule has 0 bridgehead atoms. The molecule has 0 spiro atoms. The number of carbonyl (C=O) groups excluding carboxylic acids is 1. The highest BCUT2D eigenvalue weighted by Gasteiger charge is 2.13. The Morgan fingerprint density at radius 1 is 1.56 bits per heavy atom. The van der Waals surface area contributed by atoms with Gasteiger partial charge < -0.3 is 10.5 Å². The van der Waals surface area contributed by atoms with Gasteiger partial charge in [-0.05, 0) is 33.1 Å². The van der Waals surface area contributed by atoms with Crippen molar-refractivity contribution in [3.63, 3.8) is 0 Å². The Morgan fingerprint density at radius 2 is 2.25 bits per heavy atom. The summed E-state index contributed by atoms with van der Waals surface area (Å²) in [5.41, 5.74) is 7.56. The molecule has 0 saturated heterocycles. The van der Waals surface area contributed by atoms with E-state index in [9.17, 15) is 4.79 Å². The summed E-state index contributed by atoms with van der Waals surface area (Å²) in [7, 11) is 0. The number of aliphatic imine (C=N–C) groups is 1. The molecule has 0 aromatic carbocycles. The number of amidine groups is 1. The van der Waals surface area contributed by atoms with Crippen molar-refractivity contribution < 1.29 is 14.7 Å². The number of esters is 1. The summed E-state index contributed by atoms with van der Waals surface area (Å²) in [5, 5.41) is 8.45. The van der Waals surface area contributed by atoms with Crippen LogP contribution in [-0.2, 0) is 9.53 Å². The summed E-state index contributed by atoms with van der Waals surface area (Å²) in [5.74, 6) is 0.133. The molecule has 0 heterocycles. The number of nitrogens with one attached hydrogen (secondary N) is 1. The van der Waals surface area contributed by atoms with Gasteiger partial charge in [-0.15, -0.1) is 0 Å². The van der Waals surface area contributed by atoms with Crippen molar-refractivity contribution in [1.82, 2.24) is 5.48 Å². The predicted octanol–water partition coefficient (Wildman–Crippen LogP) is 0.444. The zero-order valence-electron chi connectivity index (χ0n) is 9.90. The SMILES string of the molecule is CCOC(=O)[C@@H](N)CCCCN=C(C)NO. The molecule has 0 amide bonds. The van der Waals surface area contributed by atoms with Gasteiger partial charge in [0.2, 0.25) is 0 Å². The lowest BCUT2D eigenvalue weighted by Crippen LogP contribution is -2.32. The fraction of sp³-hybridized carbons (Fsp3) is 0.800. The van der Waals surface area contributed by atoms with Crippen LogP contribution < -0.4 is 11.2 Å². The molecule has 0 unspecified atom stereocenters. The Balaban J connectivity index is 3.55. The molecular weight excluding hydrogens is 210 g/mol. The zero-order valence-corrected chi connectivity index (χ0v) is 9.90. The summed E-state index contributed by atoms with van der Waals surface area (Å²) >= 11 is 0. The molecule has 0 aromatic rings. The van der Waals surface area contributed by atoms with Crippen molar-refractivity contribution in [3.8, 4) is 0 Å². The highest BCUT2D eigenvalue weighted by molar-refractivity contribution is 5.78. The first-order valence-electron chi connectivity index (χ1n) is 5.45. The van der Waals surface area contributed by atoms with Crippen LogP contribution in [0.4, 0.5) is 0 Å². The van der Waals surface area contributed by atoms with Gasteiger partial charge in [0.25, 0.3) is 0 Å². The van der Waals surface area contributed by atoms with E-state index in [4.69, 9.17) is 15.7 Å². The molecule has 0 aliphatic heterocycles. The van der Waals surface area contributed by atoms with Crippen LogP contribution >= 0.6 is 0 Å². The number of hydrogen-bond donors (Lipinski definition) is 3. The fourth-order valence-corrected chi connectivity index (χ4v) is 1.13. The second-order valence-electron chi connectivity index (χ2n) is 3.43. The van der Waals surface area contributed by atoms with Crippen LogP contribution in [0.1, 0.15) is 33.1 Å². The number of ether oxygens (including phenoxy) is 1. The van der Waals surface area contributed by atoms with E-state index in [1.165, 1.54) is 0 Å². The minimum absolute atomic E-state index is 0.348. The molecule has 1 atom stereocenters. The number of unbranched alkanes of at least 4 members (excludes halogenated alkanes) is 1. The van der Waals surface area contributed by atoms with Gasteiger partial charge in [-0.3, -0.25) is 20.5 Å². The smallest absolute Gasteiger partial charge is 0.322 e. The third kappa shape index (κ3) is 7.19. The van der Waals surface area contributed by atoms with Crippen LogP contribution in [-0.4, -0.2) is 36.2 Å². The number of nitrogens with zero attached hydrogens (tertiary/aromatic N) is 1. The molecule has 0 aliphatic rings. The maximum Gasteiger partial charge on any atom is 0.322 e. The van der Waals surface area contributed by atoms with E-state index in [0.29, 0.717) is 25.4 Å². The maximum absolute atomic E-state index is 11.1. The molecule has 6 heteroatoms. The third-order valence-electron chi connectivity index (χ3n) is 2.02. The standard InChI is InChI=1S/C10H21N3O3/c1-3-16-10(14)9(11)6-4-5-7-12-8(2)13-15/h9,15H,3-7,11H2,1-2H3,(H,12,13)/t9-/m0/s1. The molecule has 16 heavy (non-hydrogen) atoms. The molecule has 0 fully saturated rings. The Hall–Kier alpha value is -1.14. The van der Waals surface area contributed by atoms with Gasteiger partial charge >= 0.3 is 5.97 Å². The summed E-state index contributed by atoms with van der Waals surface area (Å²) in [6.07, 6.45) is 2.23. The topological polar surface area (TPSA) is 96.9 Å². The molecule has 4 N–H and O–H groups in total. The summed E-state index contributed by atoms with van der Waals surface area (Å²) in [4.78, 5) is 15.2. The molecule has 6 nitrogen and oxygen atoms in total. The van der Waals surface area contributed by atoms with Crippen LogP contribution in [0.5, 0.6) is 0 Å². The Labute approximate surface area is 95.8 Å². The number of rotatable bonds is 7. The van der Waals surface area contributed by atoms with Gasteiger partial charge in [0.05, 0.1) is 6.61 Å². The van der Waals surface area contributed by atoms with E-state index in [0.717, 1.165) is 12.8 Å². The first-order chi connectivity index (χ1) is 7.61. The third-order valence-corrected chi connectivity index (χ3v) is 2.02. The molecule has 0 rings (SSSR count). The van der Waals surface area contributed by atoms with E-state index in [1.54, 1.807) is 13.8 Å². The minimum atomic E-state index is -0.541. The van der Waals surface area contributed by atoms with Crippen molar-refractivity contribution in [2.24, 2.45) is 10.7 Å². The van der Waals surface area contributed by atoms with Crippen molar-refractivity contribution in [2.45, 2.75) is 39.2 Å². The van der Waals surface area contributed by atoms with Gasteiger partial charge in [0.15, 0.2) is 0 Å². The fourth-order valence-electron chi connectivity index (χ4n) is 1.13. The number of carbonyl (C=O) groups is 1. The quantitative estimate of drug-likeness (QED) is 0.194. The predicted molar refractivity (Wildman–Crippen MR) is 61.4 cm³/mol. The maximum atomic E-state index is 11.1. The van der Waals surface area contributed by atoms with E-state index >= 15 is 0 Å². The summed E-state index contributed by atoms with van der Waals surface area (Å²) < 4.78 is 4.78. The first kappa shape index (κ1) is 14.9. The van der Waals surface area contributed by atoms with Gasteiger partial charge in [0.1, 0.15) is 11.9 Å². The zero-order chi connectivity index (χ0) is 12.4. The molecule has 94 valence electrons. The van der Waals surface area contributed by atoms with Crippen molar-refractivity contribution >= 4 is 11.8 Å². The Morgan fingerprint density at radius 3 is 2.81 bits per heavy atom. The van der Waals surface area contributed by atoms with Crippen LogP contribution in [0.25, 0.3) is 0 Å². The van der Waals surface area contributed by atoms with Crippen molar-refractivity contribution in [3.05, 3.63) is 0 Å². The highest BCUT2D eigenvalue weighted by atomic mass is 16.5. The average Bonchev–Trinajstić information content (AvgIpc) is 2.28. The second-order valence-corrected chi connectivity index (χ2v) is 3.43.